The van der Waals surface area contributed by atoms with E-state index < -0.39 is 14.4 Å². The molecule has 0 unspecified atom stereocenters. The Morgan fingerprint density at radius 3 is 2.61 bits per heavy atom. The Bertz CT molecular complexity index is 1140. The summed E-state index contributed by atoms with van der Waals surface area (Å²) in [5.74, 6) is -0.243. The zero-order chi connectivity index (χ0) is 24.2. The number of anilines is 2. The first-order valence-electron chi connectivity index (χ1n) is 10.8. The van der Waals surface area contributed by atoms with Crippen LogP contribution in [0.25, 0.3) is 10.8 Å². The number of carbonyl (C=O) groups is 2. The van der Waals surface area contributed by atoms with Crippen molar-refractivity contribution in [3.8, 4) is 0 Å². The first kappa shape index (κ1) is 24.9. The van der Waals surface area contributed by atoms with Gasteiger partial charge < -0.3 is 14.8 Å². The lowest BCUT2D eigenvalue weighted by molar-refractivity contribution is -0.116. The molecule has 2 aromatic heterocycles. The molecule has 3 rings (SSSR count). The lowest BCUT2D eigenvalue weighted by Crippen LogP contribution is -2.40. The summed E-state index contributed by atoms with van der Waals surface area (Å²) < 4.78 is 6.24. The minimum Gasteiger partial charge on any atom is -0.465 e. The molecule has 0 radical (unpaired) electrons. The highest BCUT2D eigenvalue weighted by atomic mass is 32.1. The third-order valence-electron chi connectivity index (χ3n) is 6.01. The highest BCUT2D eigenvalue weighted by molar-refractivity contribution is 7.16. The zero-order valence-corrected chi connectivity index (χ0v) is 21.5. The van der Waals surface area contributed by atoms with Crippen LogP contribution in [-0.2, 0) is 15.8 Å². The third-order valence-corrected chi connectivity index (χ3v) is 11.6. The second-order valence-electron chi connectivity index (χ2n) is 9.46. The Kier molecular flexibility index (Phi) is 7.56. The van der Waals surface area contributed by atoms with Crippen molar-refractivity contribution in [1.82, 2.24) is 4.98 Å². The van der Waals surface area contributed by atoms with E-state index in [1.807, 2.05) is 30.3 Å². The van der Waals surface area contributed by atoms with Crippen LogP contribution in [0.5, 0.6) is 0 Å². The van der Waals surface area contributed by atoms with Gasteiger partial charge in [0.05, 0.1) is 6.61 Å². The van der Waals surface area contributed by atoms with Crippen LogP contribution in [0.2, 0.25) is 18.1 Å². The molecule has 0 aliphatic rings. The topological polar surface area (TPSA) is 91.8 Å². The fourth-order valence-corrected chi connectivity index (χ4v) is 4.95. The number of hydrogen-bond donors (Lipinski definition) is 2. The lowest BCUT2D eigenvalue weighted by Gasteiger charge is -2.36. The molecular formula is C24H31N3O4SSi. The average molecular weight is 486 g/mol. The van der Waals surface area contributed by atoms with Crippen LogP contribution in [0.1, 0.15) is 32.1 Å². The Morgan fingerprint density at radius 2 is 1.91 bits per heavy atom. The summed E-state index contributed by atoms with van der Waals surface area (Å²) in [7, 11) is -1.89. The maximum absolute atomic E-state index is 12.5. The van der Waals surface area contributed by atoms with Gasteiger partial charge in [0, 0.05) is 41.3 Å². The Morgan fingerprint density at radius 1 is 1.15 bits per heavy atom. The third kappa shape index (κ3) is 6.40. The molecule has 33 heavy (non-hydrogen) atoms. The van der Waals surface area contributed by atoms with E-state index in [2.05, 4.69) is 44.2 Å². The van der Waals surface area contributed by atoms with Gasteiger partial charge >= 0.3 is 6.09 Å². The van der Waals surface area contributed by atoms with Crippen molar-refractivity contribution in [2.45, 2.75) is 51.9 Å². The maximum Gasteiger partial charge on any atom is 0.412 e. The molecule has 176 valence electrons. The number of thiophene rings is 1. The summed E-state index contributed by atoms with van der Waals surface area (Å²) in [5, 5.41) is 15.2. The van der Waals surface area contributed by atoms with Gasteiger partial charge in [-0.1, -0.05) is 26.8 Å². The van der Waals surface area contributed by atoms with Crippen molar-refractivity contribution in [3.63, 3.8) is 0 Å². The van der Waals surface area contributed by atoms with Gasteiger partial charge in [0.25, 0.3) is 0 Å². The number of aromatic nitrogens is 1. The van der Waals surface area contributed by atoms with Crippen molar-refractivity contribution in [2.24, 2.45) is 0 Å². The van der Waals surface area contributed by atoms with E-state index in [1.54, 1.807) is 18.5 Å². The molecule has 0 saturated carbocycles. The summed E-state index contributed by atoms with van der Waals surface area (Å²) >= 11 is 1.38. The summed E-state index contributed by atoms with van der Waals surface area (Å²) in [6.07, 6.45) is 2.43. The number of amides is 2. The molecule has 0 fully saturated rings. The van der Waals surface area contributed by atoms with Crippen LogP contribution in [0.4, 0.5) is 15.5 Å². The fraction of sp³-hybridized carbons (Fsp3) is 0.375. The lowest BCUT2D eigenvalue weighted by atomic mass is 10.1. The normalized spacial score (nSPS) is 12.0. The maximum atomic E-state index is 12.5. The van der Waals surface area contributed by atoms with Crippen molar-refractivity contribution < 1.29 is 19.1 Å². The number of nitrogens with one attached hydrogen (secondary N) is 1. The van der Waals surface area contributed by atoms with Crippen LogP contribution in [-0.4, -0.2) is 37.0 Å². The smallest absolute Gasteiger partial charge is 0.412 e. The van der Waals surface area contributed by atoms with E-state index >= 15 is 0 Å². The number of nitrogens with zero attached hydrogens (tertiary/aromatic N) is 2. The van der Waals surface area contributed by atoms with Crippen LogP contribution in [0.15, 0.2) is 48.8 Å². The largest absolute Gasteiger partial charge is 0.465 e. The van der Waals surface area contributed by atoms with Gasteiger partial charge in [-0.3, -0.25) is 14.7 Å². The predicted molar refractivity (Wildman–Crippen MR) is 137 cm³/mol. The van der Waals surface area contributed by atoms with E-state index in [-0.39, 0.29) is 23.9 Å². The predicted octanol–water partition coefficient (Wildman–Crippen LogP) is 6.33. The molecule has 0 saturated heterocycles. The van der Waals surface area contributed by atoms with Gasteiger partial charge in [-0.25, -0.2) is 4.79 Å². The number of benzene rings is 1. The van der Waals surface area contributed by atoms with Crippen molar-refractivity contribution in [2.75, 3.05) is 16.8 Å². The number of fused-ring (bicyclic) bond motifs is 1. The quantitative estimate of drug-likeness (QED) is 0.364. The number of rotatable bonds is 8. The number of carbonyl (C=O) groups excluding carboxylic acids is 1. The molecule has 0 spiro atoms. The highest BCUT2D eigenvalue weighted by Gasteiger charge is 2.37. The molecule has 2 N–H and O–H groups in total. The molecule has 9 heteroatoms. The second kappa shape index (κ2) is 10.0. The van der Waals surface area contributed by atoms with Gasteiger partial charge in [0.2, 0.25) is 5.91 Å². The molecule has 0 aliphatic heterocycles. The number of pyridine rings is 1. The van der Waals surface area contributed by atoms with Crippen molar-refractivity contribution in [3.05, 3.63) is 53.7 Å². The van der Waals surface area contributed by atoms with E-state index in [9.17, 15) is 14.7 Å². The van der Waals surface area contributed by atoms with Gasteiger partial charge in [0.15, 0.2) is 8.32 Å². The van der Waals surface area contributed by atoms with Crippen LogP contribution < -0.4 is 10.2 Å². The van der Waals surface area contributed by atoms with Crippen molar-refractivity contribution in [1.29, 1.82) is 0 Å². The monoisotopic (exact) mass is 485 g/mol. The molecule has 7 nitrogen and oxygen atoms in total. The zero-order valence-electron chi connectivity index (χ0n) is 19.7. The summed E-state index contributed by atoms with van der Waals surface area (Å²) in [6.45, 7) is 11.5. The fourth-order valence-electron chi connectivity index (χ4n) is 2.96. The molecule has 3 aromatic rings. The summed E-state index contributed by atoms with van der Waals surface area (Å²) in [6, 6.07) is 11.1. The molecule has 1 aromatic carbocycles. The Hall–Kier alpha value is -2.75. The average Bonchev–Trinajstić information content (AvgIpc) is 3.20. The minimum atomic E-state index is -1.89. The van der Waals surface area contributed by atoms with Gasteiger partial charge in [-0.2, -0.15) is 0 Å². The molecule has 0 atom stereocenters. The highest BCUT2D eigenvalue weighted by Crippen LogP contribution is 2.38. The van der Waals surface area contributed by atoms with E-state index in [0.29, 0.717) is 17.3 Å². The first-order valence-corrected chi connectivity index (χ1v) is 14.6. The van der Waals surface area contributed by atoms with E-state index in [4.69, 9.17) is 4.43 Å². The molecule has 0 bridgehead atoms. The van der Waals surface area contributed by atoms with Crippen molar-refractivity contribution >= 4 is 53.1 Å². The SMILES string of the molecule is CC(C)(C)[Si](C)(C)OCc1ccc(N(CCC(=O)Nc2ccc3cnccc3c2)C(=O)O)s1. The van der Waals surface area contributed by atoms with Crippen LogP contribution in [0.3, 0.4) is 0 Å². The molecular weight excluding hydrogens is 454 g/mol. The minimum absolute atomic E-state index is 0.0500. The van der Waals surface area contributed by atoms with E-state index in [0.717, 1.165) is 15.6 Å². The molecule has 0 aliphatic carbocycles. The van der Waals surface area contributed by atoms with Crippen LogP contribution in [0, 0.1) is 0 Å². The molecule has 2 amide bonds. The number of carboxylic acid groups (broad SMARTS) is 1. The Balaban J connectivity index is 1.59. The standard InChI is InChI=1S/C24H31N3O4SSi/c1-24(2,3)33(4,5)31-16-20-8-9-22(32-20)27(23(29)30)13-11-21(28)26-19-7-6-18-15-25-12-10-17(18)14-19/h6-10,12,14-15H,11,13,16H2,1-5H3,(H,26,28)(H,29,30). The second-order valence-corrected chi connectivity index (χ2v) is 15.4. The van der Waals surface area contributed by atoms with Gasteiger partial charge in [-0.15, -0.1) is 11.3 Å². The van der Waals surface area contributed by atoms with Gasteiger partial charge in [0.1, 0.15) is 5.00 Å². The first-order chi connectivity index (χ1) is 15.5. The number of hydrogen-bond acceptors (Lipinski definition) is 5. The summed E-state index contributed by atoms with van der Waals surface area (Å²) in [4.78, 5) is 30.6. The van der Waals surface area contributed by atoms with E-state index in [1.165, 1.54) is 16.2 Å². The van der Waals surface area contributed by atoms with Crippen LogP contribution >= 0.6 is 11.3 Å². The summed E-state index contributed by atoms with van der Waals surface area (Å²) in [5.41, 5.74) is 0.668. The van der Waals surface area contributed by atoms with Gasteiger partial charge in [-0.05, 0) is 53.9 Å². The molecule has 2 heterocycles. The Labute approximate surface area is 199 Å².